The maximum atomic E-state index is 3.73. The third-order valence-electron chi connectivity index (χ3n) is 3.33. The average Bonchev–Trinajstić information content (AvgIpc) is 2.36. The summed E-state index contributed by atoms with van der Waals surface area (Å²) in [5.41, 5.74) is 2.63. The molecule has 3 heteroatoms. The van der Waals surface area contributed by atoms with E-state index in [1.807, 2.05) is 7.05 Å². The smallest absolute Gasteiger partial charge is 0.0513 e. The number of hydrogen-bond acceptors (Lipinski definition) is 2. The fourth-order valence-electron chi connectivity index (χ4n) is 2.29. The molecule has 0 aliphatic heterocycles. The Bertz CT molecular complexity index is 377. The molecule has 0 unspecified atom stereocenters. The molecule has 0 aromatic heterocycles. The van der Waals surface area contributed by atoms with Gasteiger partial charge < -0.3 is 10.2 Å². The standard InChI is InChI=1S/C16H27BrN2/c1-5-6-7-10-19(13(2)3)16-9-8-14(12-18-4)11-15(16)17/h8-9,11,13,18H,5-7,10,12H2,1-4H3. The molecule has 0 atom stereocenters. The second kappa shape index (κ2) is 8.60. The van der Waals surface area contributed by atoms with Gasteiger partial charge in [-0.1, -0.05) is 25.8 Å². The van der Waals surface area contributed by atoms with Gasteiger partial charge in [0.05, 0.1) is 5.69 Å². The van der Waals surface area contributed by atoms with Gasteiger partial charge in [-0.2, -0.15) is 0 Å². The first-order valence-electron chi connectivity index (χ1n) is 7.29. The quantitative estimate of drug-likeness (QED) is 0.704. The van der Waals surface area contributed by atoms with Gasteiger partial charge in [0.1, 0.15) is 0 Å². The van der Waals surface area contributed by atoms with Gasteiger partial charge in [0.25, 0.3) is 0 Å². The number of rotatable bonds is 8. The third kappa shape index (κ3) is 5.15. The molecule has 0 amide bonds. The van der Waals surface area contributed by atoms with Gasteiger partial charge >= 0.3 is 0 Å². The van der Waals surface area contributed by atoms with E-state index < -0.39 is 0 Å². The van der Waals surface area contributed by atoms with Crippen LogP contribution in [-0.4, -0.2) is 19.6 Å². The lowest BCUT2D eigenvalue weighted by molar-refractivity contribution is 0.625. The van der Waals surface area contributed by atoms with Crippen LogP contribution in [0.1, 0.15) is 45.6 Å². The minimum absolute atomic E-state index is 0.531. The zero-order valence-corrected chi connectivity index (χ0v) is 14.3. The van der Waals surface area contributed by atoms with Crippen molar-refractivity contribution in [1.29, 1.82) is 0 Å². The highest BCUT2D eigenvalue weighted by atomic mass is 79.9. The van der Waals surface area contributed by atoms with E-state index in [0.29, 0.717) is 6.04 Å². The van der Waals surface area contributed by atoms with Gasteiger partial charge in [0.2, 0.25) is 0 Å². The summed E-state index contributed by atoms with van der Waals surface area (Å²) in [6.07, 6.45) is 3.84. The van der Waals surface area contributed by atoms with E-state index in [-0.39, 0.29) is 0 Å². The number of benzene rings is 1. The number of unbranched alkanes of at least 4 members (excludes halogenated alkanes) is 2. The van der Waals surface area contributed by atoms with E-state index in [4.69, 9.17) is 0 Å². The Balaban J connectivity index is 2.83. The number of nitrogens with one attached hydrogen (secondary N) is 1. The molecule has 1 aromatic carbocycles. The molecule has 0 saturated carbocycles. The molecule has 2 nitrogen and oxygen atoms in total. The molecule has 0 aliphatic carbocycles. The Labute approximate surface area is 126 Å². The van der Waals surface area contributed by atoms with Crippen molar-refractivity contribution in [3.05, 3.63) is 28.2 Å². The lowest BCUT2D eigenvalue weighted by atomic mass is 10.1. The average molecular weight is 327 g/mol. The normalized spacial score (nSPS) is 11.1. The van der Waals surface area contributed by atoms with Crippen molar-refractivity contribution in [2.75, 3.05) is 18.5 Å². The molecule has 1 N–H and O–H groups in total. The van der Waals surface area contributed by atoms with Crippen LogP contribution >= 0.6 is 15.9 Å². The summed E-state index contributed by atoms with van der Waals surface area (Å²) in [7, 11) is 1.98. The molecule has 0 radical (unpaired) electrons. The minimum Gasteiger partial charge on any atom is -0.368 e. The maximum Gasteiger partial charge on any atom is 0.0513 e. The highest BCUT2D eigenvalue weighted by molar-refractivity contribution is 9.10. The monoisotopic (exact) mass is 326 g/mol. The van der Waals surface area contributed by atoms with Crippen molar-refractivity contribution in [3.8, 4) is 0 Å². The molecule has 0 heterocycles. The van der Waals surface area contributed by atoms with Gasteiger partial charge in [0.15, 0.2) is 0 Å². The van der Waals surface area contributed by atoms with Crippen LogP contribution in [0.5, 0.6) is 0 Å². The van der Waals surface area contributed by atoms with E-state index in [2.05, 4.69) is 65.1 Å². The lowest BCUT2D eigenvalue weighted by Crippen LogP contribution is -2.32. The minimum atomic E-state index is 0.531. The highest BCUT2D eigenvalue weighted by Gasteiger charge is 2.13. The summed E-state index contributed by atoms with van der Waals surface area (Å²) in [5, 5.41) is 3.19. The van der Waals surface area contributed by atoms with E-state index >= 15 is 0 Å². The van der Waals surface area contributed by atoms with Gasteiger partial charge in [-0.3, -0.25) is 0 Å². The highest BCUT2D eigenvalue weighted by Crippen LogP contribution is 2.29. The molecule has 1 rings (SSSR count). The molecular weight excluding hydrogens is 300 g/mol. The molecule has 108 valence electrons. The zero-order chi connectivity index (χ0) is 14.3. The van der Waals surface area contributed by atoms with E-state index in [0.717, 1.165) is 13.1 Å². The second-order valence-corrected chi connectivity index (χ2v) is 6.16. The predicted molar refractivity (Wildman–Crippen MR) is 88.9 cm³/mol. The van der Waals surface area contributed by atoms with E-state index in [1.54, 1.807) is 0 Å². The lowest BCUT2D eigenvalue weighted by Gasteiger charge is -2.30. The summed E-state index contributed by atoms with van der Waals surface area (Å²) in [6, 6.07) is 7.21. The number of hydrogen-bond donors (Lipinski definition) is 1. The largest absolute Gasteiger partial charge is 0.368 e. The SMILES string of the molecule is CCCCCN(c1ccc(CNC)cc1Br)C(C)C. The first-order valence-corrected chi connectivity index (χ1v) is 8.09. The van der Waals surface area contributed by atoms with Crippen molar-refractivity contribution >= 4 is 21.6 Å². The number of halogens is 1. The van der Waals surface area contributed by atoms with Crippen LogP contribution in [0, 0.1) is 0 Å². The van der Waals surface area contributed by atoms with Crippen LogP contribution in [0.15, 0.2) is 22.7 Å². The Morgan fingerprint density at radius 2 is 2.00 bits per heavy atom. The van der Waals surface area contributed by atoms with Gasteiger partial charge in [0, 0.05) is 23.6 Å². The first kappa shape index (κ1) is 16.5. The van der Waals surface area contributed by atoms with Crippen molar-refractivity contribution in [3.63, 3.8) is 0 Å². The zero-order valence-electron chi connectivity index (χ0n) is 12.7. The molecule has 0 spiro atoms. The summed E-state index contributed by atoms with van der Waals surface area (Å²) < 4.78 is 1.20. The second-order valence-electron chi connectivity index (χ2n) is 5.31. The van der Waals surface area contributed by atoms with Crippen molar-refractivity contribution in [2.45, 2.75) is 52.6 Å². The van der Waals surface area contributed by atoms with Crippen LogP contribution in [0.4, 0.5) is 5.69 Å². The van der Waals surface area contributed by atoms with Gasteiger partial charge in [-0.15, -0.1) is 0 Å². The summed E-state index contributed by atoms with van der Waals surface area (Å²) in [5.74, 6) is 0. The van der Waals surface area contributed by atoms with E-state index in [9.17, 15) is 0 Å². The topological polar surface area (TPSA) is 15.3 Å². The van der Waals surface area contributed by atoms with Gasteiger partial charge in [-0.25, -0.2) is 0 Å². The van der Waals surface area contributed by atoms with Crippen molar-refractivity contribution in [1.82, 2.24) is 5.32 Å². The predicted octanol–water partition coefficient (Wildman–Crippen LogP) is 4.57. The Morgan fingerprint density at radius 1 is 1.26 bits per heavy atom. The Hall–Kier alpha value is -0.540. The Kier molecular flexibility index (Phi) is 7.47. The molecule has 0 aliphatic rings. The molecule has 0 saturated heterocycles. The fourth-order valence-corrected chi connectivity index (χ4v) is 2.94. The molecule has 1 aromatic rings. The number of nitrogens with zero attached hydrogens (tertiary/aromatic N) is 1. The van der Waals surface area contributed by atoms with Crippen LogP contribution in [0.3, 0.4) is 0 Å². The molecule has 19 heavy (non-hydrogen) atoms. The maximum absolute atomic E-state index is 3.73. The fraction of sp³-hybridized carbons (Fsp3) is 0.625. The Morgan fingerprint density at radius 3 is 2.53 bits per heavy atom. The third-order valence-corrected chi connectivity index (χ3v) is 3.96. The summed E-state index contributed by atoms with van der Waals surface area (Å²) in [6.45, 7) is 8.83. The van der Waals surface area contributed by atoms with Crippen LogP contribution in [0.2, 0.25) is 0 Å². The number of anilines is 1. The molecule has 0 fully saturated rings. The summed E-state index contributed by atoms with van der Waals surface area (Å²) in [4.78, 5) is 2.49. The van der Waals surface area contributed by atoms with Crippen molar-refractivity contribution < 1.29 is 0 Å². The van der Waals surface area contributed by atoms with Crippen LogP contribution in [-0.2, 0) is 6.54 Å². The molecular formula is C16H27BrN2. The van der Waals surface area contributed by atoms with E-state index in [1.165, 1.54) is 35.0 Å². The van der Waals surface area contributed by atoms with Crippen LogP contribution < -0.4 is 10.2 Å². The van der Waals surface area contributed by atoms with Crippen molar-refractivity contribution in [2.24, 2.45) is 0 Å². The summed E-state index contributed by atoms with van der Waals surface area (Å²) >= 11 is 3.73. The van der Waals surface area contributed by atoms with Gasteiger partial charge in [-0.05, 0) is 60.9 Å². The first-order chi connectivity index (χ1) is 9.10. The molecule has 0 bridgehead atoms. The van der Waals surface area contributed by atoms with Crippen LogP contribution in [0.25, 0.3) is 0 Å².